The van der Waals surface area contributed by atoms with Crippen LogP contribution in [0.5, 0.6) is 0 Å². The minimum Gasteiger partial charge on any atom is -0.309 e. The van der Waals surface area contributed by atoms with Gasteiger partial charge in [0.15, 0.2) is 0 Å². The molecule has 0 bridgehead atoms. The van der Waals surface area contributed by atoms with E-state index < -0.39 is 0 Å². The molecule has 294 valence electrons. The minimum atomic E-state index is 1.12. The monoisotopic (exact) mass is 799 g/mol. The van der Waals surface area contributed by atoms with Crippen molar-refractivity contribution in [3.63, 3.8) is 0 Å². The van der Waals surface area contributed by atoms with Crippen LogP contribution in [-0.4, -0.2) is 4.57 Å². The van der Waals surface area contributed by atoms with E-state index in [0.717, 1.165) is 17.1 Å². The summed E-state index contributed by atoms with van der Waals surface area (Å²) >= 11 is 0. The summed E-state index contributed by atoms with van der Waals surface area (Å²) in [5.41, 5.74) is 15.5. The van der Waals surface area contributed by atoms with Crippen LogP contribution in [0.4, 0.5) is 0 Å². The molecule has 0 aliphatic heterocycles. The Hall–Kier alpha value is -8.26. The van der Waals surface area contributed by atoms with Gasteiger partial charge in [-0.15, -0.1) is 0 Å². The fourth-order valence-corrected chi connectivity index (χ4v) is 9.90. The summed E-state index contributed by atoms with van der Waals surface area (Å²) in [5.74, 6) is 0. The van der Waals surface area contributed by atoms with E-state index in [1.165, 1.54) is 98.7 Å². The van der Waals surface area contributed by atoms with Crippen LogP contribution in [0.25, 0.3) is 116 Å². The van der Waals surface area contributed by atoms with Crippen molar-refractivity contribution in [3.8, 4) is 72.7 Å². The Kier molecular flexibility index (Phi) is 8.90. The molecule has 0 saturated carbocycles. The van der Waals surface area contributed by atoms with Crippen molar-refractivity contribution in [3.05, 3.63) is 249 Å². The lowest BCUT2D eigenvalue weighted by Crippen LogP contribution is -2.00. The van der Waals surface area contributed by atoms with Gasteiger partial charge in [0, 0.05) is 5.69 Å². The lowest BCUT2D eigenvalue weighted by atomic mass is 9.85. The van der Waals surface area contributed by atoms with Crippen molar-refractivity contribution in [2.45, 2.75) is 0 Å². The van der Waals surface area contributed by atoms with Crippen molar-refractivity contribution >= 4 is 43.1 Å². The Labute approximate surface area is 367 Å². The van der Waals surface area contributed by atoms with Gasteiger partial charge in [-0.2, -0.15) is 0 Å². The molecule has 0 fully saturated rings. The predicted octanol–water partition coefficient (Wildman–Crippen LogP) is 17.1. The standard InChI is InChI=1S/C62H41N/c1-3-17-46(18-4-1)59-39-40-60(47-19-5-2-6-20-47)63(59)50-37-38-57-58(41-50)62(49-35-31-45(32-36-49)54-28-14-22-43-16-8-10-24-52(43)54)56-26-12-11-25-55(56)61(57)48-33-29-44(30-34-48)53-27-13-21-42-15-7-9-23-51(42)53/h1-41H. The van der Waals surface area contributed by atoms with Gasteiger partial charge in [-0.25, -0.2) is 0 Å². The molecule has 12 rings (SSSR count). The zero-order valence-electron chi connectivity index (χ0n) is 34.6. The van der Waals surface area contributed by atoms with Gasteiger partial charge >= 0.3 is 0 Å². The molecule has 63 heavy (non-hydrogen) atoms. The number of hydrogen-bond acceptors (Lipinski definition) is 0. The van der Waals surface area contributed by atoms with E-state index in [2.05, 4.69) is 253 Å². The Bertz CT molecular complexity index is 3570. The van der Waals surface area contributed by atoms with Gasteiger partial charge in [0.2, 0.25) is 0 Å². The third-order valence-corrected chi connectivity index (χ3v) is 12.8. The number of benzene rings is 11. The van der Waals surface area contributed by atoms with Crippen LogP contribution in [0, 0.1) is 0 Å². The fraction of sp³-hybridized carbons (Fsp3) is 0. The van der Waals surface area contributed by atoms with E-state index in [1.54, 1.807) is 0 Å². The smallest absolute Gasteiger partial charge is 0.0535 e. The van der Waals surface area contributed by atoms with E-state index in [0.29, 0.717) is 0 Å². The van der Waals surface area contributed by atoms with Crippen LogP contribution in [0.1, 0.15) is 0 Å². The van der Waals surface area contributed by atoms with Gasteiger partial charge in [-0.3, -0.25) is 0 Å². The highest BCUT2D eigenvalue weighted by molar-refractivity contribution is 6.22. The zero-order chi connectivity index (χ0) is 41.7. The second-order valence-corrected chi connectivity index (χ2v) is 16.4. The van der Waals surface area contributed by atoms with Crippen molar-refractivity contribution in [2.75, 3.05) is 0 Å². The van der Waals surface area contributed by atoms with E-state index >= 15 is 0 Å². The molecule has 1 aromatic heterocycles. The van der Waals surface area contributed by atoms with Gasteiger partial charge in [-0.1, -0.05) is 224 Å². The molecular formula is C62H41N. The first kappa shape index (κ1) is 36.6. The Morgan fingerprint density at radius 2 is 0.603 bits per heavy atom. The number of hydrogen-bond donors (Lipinski definition) is 0. The third-order valence-electron chi connectivity index (χ3n) is 12.8. The lowest BCUT2D eigenvalue weighted by molar-refractivity contribution is 1.10. The molecule has 0 N–H and O–H groups in total. The molecule has 0 amide bonds. The highest BCUT2D eigenvalue weighted by atomic mass is 15.0. The van der Waals surface area contributed by atoms with Gasteiger partial charge < -0.3 is 4.57 Å². The normalized spacial score (nSPS) is 11.5. The molecule has 1 heterocycles. The summed E-state index contributed by atoms with van der Waals surface area (Å²) in [4.78, 5) is 0. The Morgan fingerprint density at radius 3 is 1.10 bits per heavy atom. The van der Waals surface area contributed by atoms with Gasteiger partial charge in [0.05, 0.1) is 11.4 Å². The highest BCUT2D eigenvalue weighted by Crippen LogP contribution is 2.46. The molecule has 0 radical (unpaired) electrons. The summed E-state index contributed by atoms with van der Waals surface area (Å²) < 4.78 is 2.44. The maximum atomic E-state index is 2.44. The second kappa shape index (κ2) is 15.3. The van der Waals surface area contributed by atoms with Crippen molar-refractivity contribution in [1.82, 2.24) is 4.57 Å². The first-order valence-electron chi connectivity index (χ1n) is 21.8. The topological polar surface area (TPSA) is 4.93 Å². The summed E-state index contributed by atoms with van der Waals surface area (Å²) in [7, 11) is 0. The van der Waals surface area contributed by atoms with Crippen LogP contribution in [0.3, 0.4) is 0 Å². The van der Waals surface area contributed by atoms with Crippen molar-refractivity contribution < 1.29 is 0 Å². The van der Waals surface area contributed by atoms with E-state index in [-0.39, 0.29) is 0 Å². The summed E-state index contributed by atoms with van der Waals surface area (Å²) in [5, 5.41) is 9.93. The van der Waals surface area contributed by atoms with Crippen molar-refractivity contribution in [1.29, 1.82) is 0 Å². The molecule has 11 aromatic carbocycles. The number of aromatic nitrogens is 1. The van der Waals surface area contributed by atoms with E-state index in [9.17, 15) is 0 Å². The molecule has 0 aliphatic carbocycles. The van der Waals surface area contributed by atoms with Crippen molar-refractivity contribution in [2.24, 2.45) is 0 Å². The van der Waals surface area contributed by atoms with Gasteiger partial charge in [-0.05, 0) is 123 Å². The fourth-order valence-electron chi connectivity index (χ4n) is 9.90. The predicted molar refractivity (Wildman–Crippen MR) is 268 cm³/mol. The molecule has 0 spiro atoms. The maximum Gasteiger partial charge on any atom is 0.0535 e. The van der Waals surface area contributed by atoms with Crippen LogP contribution < -0.4 is 0 Å². The Balaban J connectivity index is 1.10. The average molecular weight is 800 g/mol. The van der Waals surface area contributed by atoms with Crippen LogP contribution in [-0.2, 0) is 0 Å². The highest BCUT2D eigenvalue weighted by Gasteiger charge is 2.20. The number of rotatable bonds is 7. The molecular weight excluding hydrogens is 759 g/mol. The van der Waals surface area contributed by atoms with E-state index in [1.807, 2.05) is 0 Å². The first-order valence-corrected chi connectivity index (χ1v) is 21.8. The van der Waals surface area contributed by atoms with E-state index in [4.69, 9.17) is 0 Å². The lowest BCUT2D eigenvalue weighted by Gasteiger charge is -2.21. The first-order chi connectivity index (χ1) is 31.3. The second-order valence-electron chi connectivity index (χ2n) is 16.4. The van der Waals surface area contributed by atoms with Crippen LogP contribution in [0.15, 0.2) is 249 Å². The zero-order valence-corrected chi connectivity index (χ0v) is 34.6. The molecule has 1 nitrogen and oxygen atoms in total. The summed E-state index contributed by atoms with van der Waals surface area (Å²) in [6.45, 7) is 0. The largest absolute Gasteiger partial charge is 0.309 e. The molecule has 1 heteroatoms. The maximum absolute atomic E-state index is 2.44. The molecule has 0 saturated heterocycles. The van der Waals surface area contributed by atoms with Gasteiger partial charge in [0.25, 0.3) is 0 Å². The average Bonchev–Trinajstić information content (AvgIpc) is 3.81. The van der Waals surface area contributed by atoms with Crippen LogP contribution in [0.2, 0.25) is 0 Å². The quantitative estimate of drug-likeness (QED) is 0.142. The number of fused-ring (bicyclic) bond motifs is 4. The molecule has 0 atom stereocenters. The minimum absolute atomic E-state index is 1.12. The van der Waals surface area contributed by atoms with Crippen LogP contribution >= 0.6 is 0 Å². The summed E-state index contributed by atoms with van der Waals surface area (Å²) in [6.07, 6.45) is 0. The summed E-state index contributed by atoms with van der Waals surface area (Å²) in [6, 6.07) is 91.1. The number of nitrogens with zero attached hydrogens (tertiary/aromatic N) is 1. The van der Waals surface area contributed by atoms with Gasteiger partial charge in [0.1, 0.15) is 0 Å². The third kappa shape index (κ3) is 6.33. The molecule has 12 aromatic rings. The SMILES string of the molecule is c1ccc(-c2ccc(-c3ccccc3)n2-c2ccc3c(-c4ccc(-c5cccc6ccccc56)cc4)c4ccccc4c(-c4ccc(-c5cccc6ccccc56)cc4)c3c2)cc1. The molecule has 0 aliphatic rings. The molecule has 0 unspecified atom stereocenters. The Morgan fingerprint density at radius 1 is 0.222 bits per heavy atom.